The molecule has 2 atom stereocenters. The number of rotatable bonds is 3. The average molecular weight is 306 g/mol. The van der Waals surface area contributed by atoms with Crippen LogP contribution in [0.25, 0.3) is 0 Å². The Bertz CT molecular complexity index is 505. The van der Waals surface area contributed by atoms with Gasteiger partial charge in [-0.05, 0) is 31.6 Å². The van der Waals surface area contributed by atoms with Gasteiger partial charge >= 0.3 is 0 Å². The second-order valence-corrected chi connectivity index (χ2v) is 6.66. The summed E-state index contributed by atoms with van der Waals surface area (Å²) < 4.78 is 18.5. The molecule has 120 valence electrons. The van der Waals surface area contributed by atoms with Crippen LogP contribution in [0.1, 0.15) is 25.7 Å². The summed E-state index contributed by atoms with van der Waals surface area (Å²) in [5.41, 5.74) is 0. The lowest BCUT2D eigenvalue weighted by molar-refractivity contribution is 0.0508. The molecule has 0 bridgehead atoms. The number of nitrogens with zero attached hydrogens (tertiary/aromatic N) is 4. The van der Waals surface area contributed by atoms with Crippen LogP contribution in [0.2, 0.25) is 0 Å². The third kappa shape index (κ3) is 2.70. The summed E-state index contributed by atoms with van der Waals surface area (Å²) in [7, 11) is 0. The van der Waals surface area contributed by atoms with E-state index in [4.69, 9.17) is 4.74 Å². The van der Waals surface area contributed by atoms with Crippen LogP contribution in [0, 0.1) is 11.7 Å². The van der Waals surface area contributed by atoms with Gasteiger partial charge in [-0.25, -0.2) is 14.4 Å². The Morgan fingerprint density at radius 1 is 1.05 bits per heavy atom. The maximum Gasteiger partial charge on any atom is 0.225 e. The molecule has 5 nitrogen and oxygen atoms in total. The largest absolute Gasteiger partial charge is 0.381 e. The Hall–Kier alpha value is -1.27. The summed E-state index contributed by atoms with van der Waals surface area (Å²) in [5, 5.41) is 0. The van der Waals surface area contributed by atoms with E-state index >= 15 is 0 Å². The number of aromatic nitrogens is 2. The number of ether oxygens (including phenoxy) is 1. The standard InChI is InChI=1S/C16H23FN4O/c17-13-9-18-16(19-10-13)21-6-2-14-15(21)1-5-20(14)11-12-3-7-22-8-4-12/h9-10,12,14-15H,1-8,11H2. The summed E-state index contributed by atoms with van der Waals surface area (Å²) in [4.78, 5) is 13.3. The third-order valence-electron chi connectivity index (χ3n) is 5.39. The van der Waals surface area contributed by atoms with Crippen LogP contribution in [0.4, 0.5) is 10.3 Å². The van der Waals surface area contributed by atoms with Gasteiger partial charge in [-0.2, -0.15) is 0 Å². The summed E-state index contributed by atoms with van der Waals surface area (Å²) >= 11 is 0. The first-order valence-corrected chi connectivity index (χ1v) is 8.37. The molecule has 3 saturated heterocycles. The quantitative estimate of drug-likeness (QED) is 0.850. The van der Waals surface area contributed by atoms with Crippen LogP contribution in [0.3, 0.4) is 0 Å². The highest BCUT2D eigenvalue weighted by atomic mass is 19.1. The van der Waals surface area contributed by atoms with Gasteiger partial charge < -0.3 is 9.64 Å². The molecule has 1 aromatic heterocycles. The monoisotopic (exact) mass is 306 g/mol. The van der Waals surface area contributed by atoms with Crippen molar-refractivity contribution in [2.45, 2.75) is 37.8 Å². The lowest BCUT2D eigenvalue weighted by Gasteiger charge is -2.30. The minimum absolute atomic E-state index is 0.368. The van der Waals surface area contributed by atoms with E-state index in [1.807, 2.05) is 0 Å². The fraction of sp³-hybridized carbons (Fsp3) is 0.750. The van der Waals surface area contributed by atoms with Crippen LogP contribution < -0.4 is 4.90 Å². The predicted molar refractivity (Wildman–Crippen MR) is 81.3 cm³/mol. The molecule has 0 amide bonds. The van der Waals surface area contributed by atoms with E-state index < -0.39 is 0 Å². The Morgan fingerprint density at radius 3 is 2.55 bits per heavy atom. The molecule has 0 radical (unpaired) electrons. The highest BCUT2D eigenvalue weighted by molar-refractivity contribution is 5.35. The smallest absolute Gasteiger partial charge is 0.225 e. The first-order valence-electron chi connectivity index (χ1n) is 8.37. The van der Waals surface area contributed by atoms with Crippen molar-refractivity contribution in [3.8, 4) is 0 Å². The number of likely N-dealkylation sites (tertiary alicyclic amines) is 1. The maximum absolute atomic E-state index is 13.0. The zero-order chi connectivity index (χ0) is 14.9. The number of hydrogen-bond acceptors (Lipinski definition) is 5. The van der Waals surface area contributed by atoms with Gasteiger partial charge in [-0.15, -0.1) is 0 Å². The normalized spacial score (nSPS) is 30.0. The molecule has 2 unspecified atom stereocenters. The number of halogens is 1. The molecule has 22 heavy (non-hydrogen) atoms. The Morgan fingerprint density at radius 2 is 1.77 bits per heavy atom. The second kappa shape index (κ2) is 6.08. The molecule has 6 heteroatoms. The summed E-state index contributed by atoms with van der Waals surface area (Å²) in [6, 6.07) is 1.10. The molecule has 0 saturated carbocycles. The highest BCUT2D eigenvalue weighted by Crippen LogP contribution is 2.34. The Kier molecular flexibility index (Phi) is 3.96. The Labute approximate surface area is 130 Å². The van der Waals surface area contributed by atoms with Gasteiger partial charge in [-0.3, -0.25) is 4.90 Å². The van der Waals surface area contributed by atoms with Gasteiger partial charge in [0.15, 0.2) is 5.82 Å². The van der Waals surface area contributed by atoms with Crippen LogP contribution in [-0.2, 0) is 4.74 Å². The van der Waals surface area contributed by atoms with Gasteiger partial charge in [-0.1, -0.05) is 0 Å². The molecule has 3 fully saturated rings. The van der Waals surface area contributed by atoms with Crippen molar-refractivity contribution in [3.05, 3.63) is 18.2 Å². The predicted octanol–water partition coefficient (Wildman–Crippen LogP) is 1.70. The van der Waals surface area contributed by atoms with Crippen LogP contribution >= 0.6 is 0 Å². The molecule has 0 N–H and O–H groups in total. The minimum atomic E-state index is -0.368. The number of fused-ring (bicyclic) bond motifs is 1. The molecular formula is C16H23FN4O. The summed E-state index contributed by atoms with van der Waals surface area (Å²) in [6.45, 7) is 5.17. The fourth-order valence-corrected chi connectivity index (χ4v) is 4.26. The van der Waals surface area contributed by atoms with Crippen molar-refractivity contribution in [2.24, 2.45) is 5.92 Å². The van der Waals surface area contributed by atoms with Gasteiger partial charge in [0.1, 0.15) is 0 Å². The second-order valence-electron chi connectivity index (χ2n) is 6.66. The van der Waals surface area contributed by atoms with Crippen molar-refractivity contribution >= 4 is 5.95 Å². The lowest BCUT2D eigenvalue weighted by Crippen LogP contribution is -2.40. The summed E-state index contributed by atoms with van der Waals surface area (Å²) in [6.07, 6.45) is 7.25. The van der Waals surface area contributed by atoms with E-state index in [9.17, 15) is 4.39 Å². The van der Waals surface area contributed by atoms with Crippen LogP contribution in [0.15, 0.2) is 12.4 Å². The van der Waals surface area contributed by atoms with E-state index in [1.54, 1.807) is 0 Å². The van der Waals surface area contributed by atoms with E-state index in [-0.39, 0.29) is 5.82 Å². The van der Waals surface area contributed by atoms with Crippen molar-refractivity contribution in [2.75, 3.05) is 37.7 Å². The molecule has 4 rings (SSSR count). The molecule has 4 heterocycles. The molecule has 3 aliphatic rings. The van der Waals surface area contributed by atoms with Crippen LogP contribution in [0.5, 0.6) is 0 Å². The van der Waals surface area contributed by atoms with Gasteiger partial charge in [0.2, 0.25) is 5.95 Å². The summed E-state index contributed by atoms with van der Waals surface area (Å²) in [5.74, 6) is 1.09. The molecule has 1 aromatic rings. The van der Waals surface area contributed by atoms with E-state index in [0.717, 1.165) is 45.1 Å². The topological polar surface area (TPSA) is 41.5 Å². The maximum atomic E-state index is 13.0. The lowest BCUT2D eigenvalue weighted by atomic mass is 9.99. The fourth-order valence-electron chi connectivity index (χ4n) is 4.26. The molecule has 3 aliphatic heterocycles. The molecule has 0 aromatic carbocycles. The van der Waals surface area contributed by atoms with Gasteiger partial charge in [0, 0.05) is 44.9 Å². The zero-order valence-electron chi connectivity index (χ0n) is 12.8. The van der Waals surface area contributed by atoms with E-state index in [2.05, 4.69) is 19.8 Å². The first kappa shape index (κ1) is 14.3. The highest BCUT2D eigenvalue weighted by Gasteiger charge is 2.43. The van der Waals surface area contributed by atoms with Crippen molar-refractivity contribution in [3.63, 3.8) is 0 Å². The average Bonchev–Trinajstić information content (AvgIpc) is 3.13. The Balaban J connectivity index is 1.41. The van der Waals surface area contributed by atoms with E-state index in [1.165, 1.54) is 31.8 Å². The van der Waals surface area contributed by atoms with Crippen LogP contribution in [-0.4, -0.2) is 59.8 Å². The van der Waals surface area contributed by atoms with E-state index in [0.29, 0.717) is 18.0 Å². The molecule has 0 aliphatic carbocycles. The molecular weight excluding hydrogens is 283 g/mol. The zero-order valence-corrected chi connectivity index (χ0v) is 12.8. The SMILES string of the molecule is Fc1cnc(N2CCC3C2CCN3CC2CCOCC2)nc1. The number of anilines is 1. The minimum Gasteiger partial charge on any atom is -0.381 e. The van der Waals surface area contributed by atoms with Crippen molar-refractivity contribution in [1.29, 1.82) is 0 Å². The number of hydrogen-bond donors (Lipinski definition) is 0. The van der Waals surface area contributed by atoms with Crippen molar-refractivity contribution < 1.29 is 9.13 Å². The first-order chi connectivity index (χ1) is 10.8. The van der Waals surface area contributed by atoms with Gasteiger partial charge in [0.25, 0.3) is 0 Å². The molecule has 0 spiro atoms. The van der Waals surface area contributed by atoms with Crippen molar-refractivity contribution in [1.82, 2.24) is 14.9 Å². The van der Waals surface area contributed by atoms with Gasteiger partial charge in [0.05, 0.1) is 12.4 Å². The third-order valence-corrected chi connectivity index (χ3v) is 5.39.